The average molecular weight is 928 g/mol. The van der Waals surface area contributed by atoms with Gasteiger partial charge in [-0.3, -0.25) is 29.1 Å². The summed E-state index contributed by atoms with van der Waals surface area (Å²) in [5.74, 6) is -1.27. The van der Waals surface area contributed by atoms with Crippen molar-refractivity contribution in [1.29, 1.82) is 5.26 Å². The highest BCUT2D eigenvalue weighted by atomic mass is 16.5. The first-order valence-corrected chi connectivity index (χ1v) is 24.0. The molecule has 3 aliphatic rings. The van der Waals surface area contributed by atoms with Crippen molar-refractivity contribution >= 4 is 34.6 Å². The van der Waals surface area contributed by atoms with E-state index in [-0.39, 0.29) is 42.4 Å². The number of likely N-dealkylation sites (tertiary alicyclic amines) is 1. The van der Waals surface area contributed by atoms with Gasteiger partial charge < -0.3 is 29.4 Å². The van der Waals surface area contributed by atoms with Crippen molar-refractivity contribution < 1.29 is 33.8 Å². The van der Waals surface area contributed by atoms with Crippen molar-refractivity contribution in [2.75, 3.05) is 53.6 Å². The van der Waals surface area contributed by atoms with E-state index in [1.165, 1.54) is 11.1 Å². The molecule has 4 aromatic rings. The number of likely N-dealkylation sites (N-methyl/N-ethyl adjacent to an activating group) is 1. The molecule has 3 N–H and O–H groups in total. The molecule has 14 heteroatoms. The Kier molecular flexibility index (Phi) is 15.2. The second kappa shape index (κ2) is 20.7. The van der Waals surface area contributed by atoms with E-state index in [2.05, 4.69) is 60.0 Å². The van der Waals surface area contributed by atoms with Crippen LogP contribution in [0.3, 0.4) is 0 Å². The fourth-order valence-corrected chi connectivity index (χ4v) is 10.5. The zero-order chi connectivity index (χ0) is 49.1. The van der Waals surface area contributed by atoms with Gasteiger partial charge >= 0.3 is 5.97 Å². The van der Waals surface area contributed by atoms with E-state index in [9.17, 15) is 29.5 Å². The molecule has 3 aliphatic heterocycles. The molecule has 0 aliphatic carbocycles. The molecule has 3 aromatic carbocycles. The summed E-state index contributed by atoms with van der Waals surface area (Å²) in [6.45, 7) is 18.2. The minimum Gasteiger partial charge on any atom is -0.508 e. The van der Waals surface area contributed by atoms with Gasteiger partial charge in [-0.15, -0.1) is 0 Å². The lowest BCUT2D eigenvalue weighted by molar-refractivity contribution is -0.155. The zero-order valence-electron chi connectivity index (χ0n) is 41.1. The molecule has 362 valence electrons. The second-order valence-electron chi connectivity index (χ2n) is 20.7. The van der Waals surface area contributed by atoms with Gasteiger partial charge in [0.25, 0.3) is 5.91 Å². The monoisotopic (exact) mass is 928 g/mol. The van der Waals surface area contributed by atoms with Crippen LogP contribution in [0.15, 0.2) is 73.3 Å². The van der Waals surface area contributed by atoms with Gasteiger partial charge in [-0.1, -0.05) is 70.7 Å². The Morgan fingerprint density at radius 2 is 1.87 bits per heavy atom. The zero-order valence-corrected chi connectivity index (χ0v) is 41.1. The molecule has 2 saturated heterocycles. The van der Waals surface area contributed by atoms with Gasteiger partial charge in [0.05, 0.1) is 36.5 Å². The number of carbonyl (C=O) groups is 4. The maximum Gasteiger partial charge on any atom is 0.324 e. The van der Waals surface area contributed by atoms with Gasteiger partial charge in [0.1, 0.15) is 23.4 Å². The second-order valence-corrected chi connectivity index (χ2v) is 20.7. The van der Waals surface area contributed by atoms with Crippen LogP contribution in [-0.2, 0) is 53.5 Å². The summed E-state index contributed by atoms with van der Waals surface area (Å²) in [6.07, 6.45) is 4.31. The number of rotatable bonds is 12. The maximum atomic E-state index is 14.8. The summed E-state index contributed by atoms with van der Waals surface area (Å²) < 4.78 is 13.8. The minimum atomic E-state index is -1.07. The number of methoxy groups -OCH3 is 1. The first kappa shape index (κ1) is 49.9. The Balaban J connectivity index is 1.33. The van der Waals surface area contributed by atoms with E-state index in [0.717, 1.165) is 45.3 Å². The highest BCUT2D eigenvalue weighted by molar-refractivity contribution is 5.96. The predicted molar refractivity (Wildman–Crippen MR) is 263 cm³/mol. The molecule has 14 nitrogen and oxygen atoms in total. The van der Waals surface area contributed by atoms with Crippen LogP contribution >= 0.6 is 0 Å². The number of aromatic nitrogens is 1. The molecule has 68 heavy (non-hydrogen) atoms. The molecule has 6 bridgehead atoms. The largest absolute Gasteiger partial charge is 0.508 e. The van der Waals surface area contributed by atoms with Gasteiger partial charge in [-0.05, 0) is 123 Å². The van der Waals surface area contributed by atoms with Gasteiger partial charge in [0.15, 0.2) is 0 Å². The Bertz CT molecular complexity index is 2590. The Hall–Kier alpha value is -6.01. The number of nitriles is 1. The van der Waals surface area contributed by atoms with Gasteiger partial charge in [-0.25, -0.2) is 5.43 Å². The van der Waals surface area contributed by atoms with Crippen molar-refractivity contribution in [2.24, 2.45) is 17.3 Å². The van der Waals surface area contributed by atoms with Gasteiger partial charge in [0.2, 0.25) is 11.8 Å². The molecule has 0 saturated carbocycles. The number of nitrogens with zero attached hydrogens (tertiary/aromatic N) is 5. The predicted octanol–water partition coefficient (Wildman–Crippen LogP) is 6.77. The lowest BCUT2D eigenvalue weighted by Gasteiger charge is -2.37. The summed E-state index contributed by atoms with van der Waals surface area (Å²) in [7, 11) is 3.59. The first-order valence-electron chi connectivity index (χ1n) is 24.0. The fraction of sp³-hybridized carbons (Fsp3) is 0.500. The summed E-state index contributed by atoms with van der Waals surface area (Å²) in [5, 5.41) is 27.6. The van der Waals surface area contributed by atoms with Crippen LogP contribution in [0.25, 0.3) is 33.3 Å². The molecule has 3 amide bonds. The number of phenols is 1. The molecule has 7 rings (SSSR count). The van der Waals surface area contributed by atoms with Crippen LogP contribution in [0.2, 0.25) is 0 Å². The van der Waals surface area contributed by atoms with E-state index in [1.807, 2.05) is 70.0 Å². The number of fused-ring (bicyclic) bond motifs is 6. The van der Waals surface area contributed by atoms with Gasteiger partial charge in [0, 0.05) is 56.1 Å². The Morgan fingerprint density at radius 1 is 1.10 bits per heavy atom. The molecule has 1 unspecified atom stereocenters. The molecule has 0 radical (unpaired) electrons. The summed E-state index contributed by atoms with van der Waals surface area (Å²) in [6, 6.07) is 19.7. The van der Waals surface area contributed by atoms with Crippen LogP contribution in [0, 0.1) is 28.6 Å². The SMILES string of the molecule is C=CC(=O)N1CC[C@H](CN(C)[C@H](C(=O)NC2Cc3cc(O)cc(c3)-c3ccc4c(c3)c(c(-c3ccccc3CCOC)n4C(C)(C)C#N)CC(C)(C)COC(=O)[C@@H]3CCCN(N3)C2=O)C(C)C)C1. The smallest absolute Gasteiger partial charge is 0.324 e. The van der Waals surface area contributed by atoms with Crippen molar-refractivity contribution in [3.8, 4) is 34.2 Å². The highest BCUT2D eigenvalue weighted by Crippen LogP contribution is 2.44. The normalized spacial score (nSPS) is 20.5. The summed E-state index contributed by atoms with van der Waals surface area (Å²) in [4.78, 5) is 59.5. The third-order valence-corrected chi connectivity index (χ3v) is 13.8. The minimum absolute atomic E-state index is 0.000988. The molecule has 2 fully saturated rings. The number of hydrogen-bond donors (Lipinski definition) is 3. The number of ether oxygens (including phenoxy) is 2. The maximum absolute atomic E-state index is 14.8. The third kappa shape index (κ3) is 10.8. The van der Waals surface area contributed by atoms with Crippen LogP contribution < -0.4 is 10.7 Å². The standard InChI is InChI=1S/C54H69N7O7/c1-10-47(63)59-22-19-35(31-59)30-58(8)48(34(2)3)50(64)56-45-26-36-24-39(27-40(62)25-36)38-17-18-46-42(28-38)43(29-53(4,5)33-68-52(66)44-16-13-21-60(57-44)51(45)65)49(61(46)54(6,7)32-55)41-15-12-11-14-37(41)20-23-67-9/h10-12,14-15,17-18,24-25,27-28,34-35,44-45,48,57,62H,1,13,16,19-23,26,29-31,33H2,2-9H3,(H,56,64)/t35-,44+,45?,48+/m1/s1. The number of hydrogen-bond acceptors (Lipinski definition) is 10. The van der Waals surface area contributed by atoms with E-state index in [0.29, 0.717) is 69.6 Å². The number of benzene rings is 3. The Labute approximate surface area is 401 Å². The average Bonchev–Trinajstić information content (AvgIpc) is 3.91. The lowest BCUT2D eigenvalue weighted by Crippen LogP contribution is -2.62. The quantitative estimate of drug-likeness (QED) is 0.102. The van der Waals surface area contributed by atoms with Crippen LogP contribution in [0.4, 0.5) is 0 Å². The number of hydrazine groups is 1. The first-order chi connectivity index (χ1) is 32.3. The molecule has 4 heterocycles. The van der Waals surface area contributed by atoms with E-state index >= 15 is 0 Å². The number of phenolic OH excluding ortho intramolecular Hbond substituents is 1. The van der Waals surface area contributed by atoms with Crippen LogP contribution in [-0.4, -0.2) is 120 Å². The lowest BCUT2D eigenvalue weighted by atomic mass is 9.83. The summed E-state index contributed by atoms with van der Waals surface area (Å²) in [5.41, 5.74) is 8.53. The Morgan fingerprint density at radius 3 is 2.59 bits per heavy atom. The highest BCUT2D eigenvalue weighted by Gasteiger charge is 2.39. The number of nitrogens with one attached hydrogen (secondary N) is 2. The van der Waals surface area contributed by atoms with Crippen molar-refractivity contribution in [2.45, 2.75) is 104 Å². The topological polar surface area (TPSA) is 169 Å². The number of cyclic esters (lactones) is 1. The molecule has 1 aromatic heterocycles. The van der Waals surface area contributed by atoms with Crippen LogP contribution in [0.5, 0.6) is 5.75 Å². The molecule has 0 spiro atoms. The third-order valence-electron chi connectivity index (χ3n) is 13.8. The number of carbonyl (C=O) groups excluding carboxylic acids is 4. The summed E-state index contributed by atoms with van der Waals surface area (Å²) >= 11 is 0. The van der Waals surface area contributed by atoms with E-state index < -0.39 is 41.0 Å². The van der Waals surface area contributed by atoms with Crippen molar-refractivity contribution in [1.82, 2.24) is 30.1 Å². The van der Waals surface area contributed by atoms with E-state index in [1.54, 1.807) is 24.1 Å². The molecule has 4 atom stereocenters. The van der Waals surface area contributed by atoms with Crippen molar-refractivity contribution in [3.63, 3.8) is 0 Å². The number of aromatic hydroxyl groups is 1. The van der Waals surface area contributed by atoms with Crippen LogP contribution in [0.1, 0.15) is 77.5 Å². The molecular weight excluding hydrogens is 859 g/mol. The molecular formula is C54H69N7O7. The number of amides is 3. The van der Waals surface area contributed by atoms with Crippen molar-refractivity contribution in [3.05, 3.63) is 90.0 Å². The van der Waals surface area contributed by atoms with Gasteiger partial charge in [-0.2, -0.15) is 5.26 Å². The number of esters is 1. The van der Waals surface area contributed by atoms with E-state index in [4.69, 9.17) is 9.47 Å². The fourth-order valence-electron chi connectivity index (χ4n) is 10.5.